The molecule has 1 heterocycles. The third-order valence-corrected chi connectivity index (χ3v) is 2.94. The van der Waals surface area contributed by atoms with Gasteiger partial charge in [-0.3, -0.25) is 15.1 Å². The molecule has 6 nitrogen and oxygen atoms in total. The molecule has 0 atom stereocenters. The fraction of sp³-hybridized carbons (Fsp3) is 0.364. The number of aliphatic imine (C=N–C) groups is 1. The summed E-state index contributed by atoms with van der Waals surface area (Å²) in [5.74, 6) is 0.746. The van der Waals surface area contributed by atoms with Gasteiger partial charge in [-0.1, -0.05) is 11.6 Å². The highest BCUT2D eigenvalue weighted by molar-refractivity contribution is 6.31. The maximum Gasteiger partial charge on any atom is 0.270 e. The molecule has 0 unspecified atom stereocenters. The van der Waals surface area contributed by atoms with E-state index in [1.54, 1.807) is 6.07 Å². The van der Waals surface area contributed by atoms with Crippen molar-refractivity contribution < 1.29 is 4.92 Å². The van der Waals surface area contributed by atoms with Crippen molar-refractivity contribution in [2.75, 3.05) is 13.1 Å². The van der Waals surface area contributed by atoms with Crippen LogP contribution in [0.15, 0.2) is 23.2 Å². The summed E-state index contributed by atoms with van der Waals surface area (Å²) in [6.45, 7) is 2.20. The van der Waals surface area contributed by atoms with Crippen molar-refractivity contribution in [1.82, 2.24) is 10.6 Å². The molecule has 1 aliphatic heterocycles. The van der Waals surface area contributed by atoms with Crippen molar-refractivity contribution in [2.45, 2.75) is 13.0 Å². The lowest BCUT2D eigenvalue weighted by Crippen LogP contribution is -2.40. The lowest BCUT2D eigenvalue weighted by atomic mass is 10.2. The lowest BCUT2D eigenvalue weighted by molar-refractivity contribution is -0.384. The lowest BCUT2D eigenvalue weighted by Gasteiger charge is -2.16. The Morgan fingerprint density at radius 2 is 2.39 bits per heavy atom. The minimum Gasteiger partial charge on any atom is -0.356 e. The number of nitrogens with one attached hydrogen (secondary N) is 2. The van der Waals surface area contributed by atoms with Crippen molar-refractivity contribution in [1.29, 1.82) is 0 Å². The maximum atomic E-state index is 10.6. The Kier molecular flexibility index (Phi) is 3.99. The van der Waals surface area contributed by atoms with Crippen LogP contribution in [-0.2, 0) is 6.54 Å². The molecule has 0 radical (unpaired) electrons. The molecular formula is C11H13ClN4O2. The number of halogens is 1. The number of hydrogen-bond donors (Lipinski definition) is 2. The minimum atomic E-state index is -0.462. The fourth-order valence-corrected chi connectivity index (χ4v) is 1.86. The number of rotatable bonds is 3. The predicted molar refractivity (Wildman–Crippen MR) is 69.9 cm³/mol. The second-order valence-corrected chi connectivity index (χ2v) is 4.30. The minimum absolute atomic E-state index is 0.00289. The summed E-state index contributed by atoms with van der Waals surface area (Å²) in [6, 6.07) is 4.45. The molecule has 1 aromatic carbocycles. The van der Waals surface area contributed by atoms with Crippen LogP contribution >= 0.6 is 11.6 Å². The van der Waals surface area contributed by atoms with Crippen LogP contribution in [0, 0.1) is 10.1 Å². The van der Waals surface area contributed by atoms with Crippen LogP contribution in [0.5, 0.6) is 0 Å². The fourth-order valence-electron chi connectivity index (χ4n) is 1.62. The molecule has 0 aromatic heterocycles. The summed E-state index contributed by atoms with van der Waals surface area (Å²) in [6.07, 6.45) is 1.03. The molecule has 0 spiro atoms. The Balaban J connectivity index is 2.01. The molecule has 1 aromatic rings. The third kappa shape index (κ3) is 3.10. The van der Waals surface area contributed by atoms with E-state index in [1.165, 1.54) is 12.1 Å². The normalized spacial score (nSPS) is 14.6. The van der Waals surface area contributed by atoms with Crippen molar-refractivity contribution >= 4 is 23.2 Å². The van der Waals surface area contributed by atoms with Gasteiger partial charge >= 0.3 is 0 Å². The summed E-state index contributed by atoms with van der Waals surface area (Å²) < 4.78 is 0. The van der Waals surface area contributed by atoms with Gasteiger partial charge in [0.15, 0.2) is 5.96 Å². The number of hydrogen-bond acceptors (Lipinski definition) is 5. The Labute approximate surface area is 109 Å². The Hall–Kier alpha value is -1.82. The van der Waals surface area contributed by atoms with Crippen molar-refractivity contribution in [3.05, 3.63) is 38.9 Å². The van der Waals surface area contributed by atoms with Gasteiger partial charge in [0.1, 0.15) is 0 Å². The maximum absolute atomic E-state index is 10.6. The van der Waals surface area contributed by atoms with E-state index in [4.69, 9.17) is 11.6 Å². The molecule has 2 N–H and O–H groups in total. The number of guanidine groups is 1. The first-order valence-corrected chi connectivity index (χ1v) is 5.99. The van der Waals surface area contributed by atoms with E-state index < -0.39 is 4.92 Å². The first-order valence-electron chi connectivity index (χ1n) is 5.62. The molecule has 0 bridgehead atoms. The molecule has 0 saturated carbocycles. The van der Waals surface area contributed by atoms with Crippen LogP contribution in [0.25, 0.3) is 0 Å². The number of nitro groups is 1. The molecule has 1 aliphatic rings. The highest BCUT2D eigenvalue weighted by Crippen LogP contribution is 2.22. The molecule has 18 heavy (non-hydrogen) atoms. The van der Waals surface area contributed by atoms with E-state index in [2.05, 4.69) is 15.6 Å². The van der Waals surface area contributed by atoms with Crippen LogP contribution in [0.3, 0.4) is 0 Å². The summed E-state index contributed by atoms with van der Waals surface area (Å²) in [5.41, 5.74) is 0.800. The smallest absolute Gasteiger partial charge is 0.270 e. The first-order chi connectivity index (χ1) is 8.66. The molecular weight excluding hydrogens is 256 g/mol. The van der Waals surface area contributed by atoms with E-state index in [0.29, 0.717) is 11.6 Å². The second-order valence-electron chi connectivity index (χ2n) is 3.90. The average molecular weight is 269 g/mol. The van der Waals surface area contributed by atoms with Crippen LogP contribution in [0.2, 0.25) is 5.02 Å². The largest absolute Gasteiger partial charge is 0.356 e. The van der Waals surface area contributed by atoms with Gasteiger partial charge < -0.3 is 10.6 Å². The van der Waals surface area contributed by atoms with Gasteiger partial charge in [-0.2, -0.15) is 0 Å². The van der Waals surface area contributed by atoms with Gasteiger partial charge in [0.2, 0.25) is 0 Å². The Morgan fingerprint density at radius 1 is 1.56 bits per heavy atom. The monoisotopic (exact) mass is 268 g/mol. The number of benzene rings is 1. The highest BCUT2D eigenvalue weighted by Gasteiger charge is 2.10. The van der Waals surface area contributed by atoms with Gasteiger partial charge in [0.25, 0.3) is 5.69 Å². The Morgan fingerprint density at radius 3 is 3.00 bits per heavy atom. The van der Waals surface area contributed by atoms with E-state index in [9.17, 15) is 10.1 Å². The second kappa shape index (κ2) is 5.68. The molecule has 0 amide bonds. The topological polar surface area (TPSA) is 79.6 Å². The van der Waals surface area contributed by atoms with Crippen molar-refractivity contribution in [3.63, 3.8) is 0 Å². The molecule has 0 saturated heterocycles. The molecule has 0 aliphatic carbocycles. The van der Waals surface area contributed by atoms with Gasteiger partial charge in [-0.25, -0.2) is 0 Å². The molecule has 7 heteroatoms. The zero-order valence-electron chi connectivity index (χ0n) is 9.65. The zero-order chi connectivity index (χ0) is 13.0. The standard InChI is InChI=1S/C11H13ClN4O2/c12-10-6-9(16(17)18)3-2-8(10)7-15-11-13-4-1-5-14-11/h2-3,6H,1,4-5,7H2,(H2,13,14,15). The van der Waals surface area contributed by atoms with Gasteiger partial charge in [-0.15, -0.1) is 0 Å². The molecule has 0 fully saturated rings. The van der Waals surface area contributed by atoms with E-state index in [-0.39, 0.29) is 5.69 Å². The number of non-ortho nitro benzene ring substituents is 1. The summed E-state index contributed by atoms with van der Waals surface area (Å²) in [4.78, 5) is 14.4. The number of nitro benzene ring substituents is 1. The van der Waals surface area contributed by atoms with E-state index >= 15 is 0 Å². The van der Waals surface area contributed by atoms with E-state index in [1.807, 2.05) is 0 Å². The quantitative estimate of drug-likeness (QED) is 0.646. The zero-order valence-corrected chi connectivity index (χ0v) is 10.4. The number of nitrogens with zero attached hydrogens (tertiary/aromatic N) is 2. The van der Waals surface area contributed by atoms with Gasteiger partial charge in [0.05, 0.1) is 9.95 Å². The molecule has 2 rings (SSSR count). The Bertz CT molecular complexity index is 490. The summed E-state index contributed by atoms with van der Waals surface area (Å²) in [7, 11) is 0. The van der Waals surface area contributed by atoms with Gasteiger partial charge in [0, 0.05) is 31.8 Å². The van der Waals surface area contributed by atoms with Crippen molar-refractivity contribution in [2.24, 2.45) is 4.99 Å². The van der Waals surface area contributed by atoms with E-state index in [0.717, 1.165) is 31.0 Å². The summed E-state index contributed by atoms with van der Waals surface area (Å²) >= 11 is 5.99. The summed E-state index contributed by atoms with van der Waals surface area (Å²) in [5, 5.41) is 17.2. The van der Waals surface area contributed by atoms with Crippen molar-refractivity contribution in [3.8, 4) is 0 Å². The molecule has 96 valence electrons. The predicted octanol–water partition coefficient (Wildman–Crippen LogP) is 1.69. The van der Waals surface area contributed by atoms with Crippen LogP contribution in [0.4, 0.5) is 5.69 Å². The SMILES string of the molecule is O=[N+]([O-])c1ccc(CNC2=NCCCN2)c(Cl)c1. The highest BCUT2D eigenvalue weighted by atomic mass is 35.5. The average Bonchev–Trinajstić information content (AvgIpc) is 2.38. The van der Waals surface area contributed by atoms with Gasteiger partial charge in [-0.05, 0) is 18.1 Å². The third-order valence-electron chi connectivity index (χ3n) is 2.59. The van der Waals surface area contributed by atoms with Crippen LogP contribution in [-0.4, -0.2) is 24.0 Å². The van der Waals surface area contributed by atoms with Crippen LogP contribution < -0.4 is 10.6 Å². The van der Waals surface area contributed by atoms with Crippen LogP contribution in [0.1, 0.15) is 12.0 Å². The first kappa shape index (κ1) is 12.6.